The number of rotatable bonds is 10. The van der Waals surface area contributed by atoms with Crippen molar-refractivity contribution in [2.75, 3.05) is 20.3 Å². The minimum atomic E-state index is -0.728. The summed E-state index contributed by atoms with van der Waals surface area (Å²) in [6, 6.07) is 15.5. The van der Waals surface area contributed by atoms with Crippen LogP contribution in [0.15, 0.2) is 80.1 Å². The maximum atomic E-state index is 14.0. The Hall–Kier alpha value is -3.57. The molecule has 234 valence electrons. The van der Waals surface area contributed by atoms with Crippen molar-refractivity contribution in [3.8, 4) is 17.2 Å². The highest BCUT2D eigenvalue weighted by Gasteiger charge is 2.33. The number of ether oxygens (including phenoxy) is 4. The Balaban J connectivity index is 1.56. The van der Waals surface area contributed by atoms with Crippen LogP contribution in [0.4, 0.5) is 0 Å². The van der Waals surface area contributed by atoms with Gasteiger partial charge in [0.1, 0.15) is 12.4 Å². The first-order valence-electron chi connectivity index (χ1n) is 14.0. The molecule has 0 saturated carbocycles. The van der Waals surface area contributed by atoms with Crippen molar-refractivity contribution in [2.45, 2.75) is 33.4 Å². The van der Waals surface area contributed by atoms with Crippen LogP contribution in [0.25, 0.3) is 6.08 Å². The van der Waals surface area contributed by atoms with Crippen molar-refractivity contribution in [2.24, 2.45) is 4.99 Å². The number of halogens is 3. The molecule has 8 nitrogen and oxygen atoms in total. The summed E-state index contributed by atoms with van der Waals surface area (Å²) in [6.45, 7) is 6.36. The zero-order valence-electron chi connectivity index (χ0n) is 24.9. The van der Waals surface area contributed by atoms with Gasteiger partial charge in [0, 0.05) is 4.47 Å². The average Bonchev–Trinajstić information content (AvgIpc) is 3.32. The number of methoxy groups -OCH3 is 1. The number of carbonyl (C=O) groups is 1. The van der Waals surface area contributed by atoms with E-state index in [-0.39, 0.29) is 18.8 Å². The topological polar surface area (TPSA) is 88.4 Å². The Morgan fingerprint density at radius 3 is 2.44 bits per heavy atom. The third-order valence-corrected chi connectivity index (χ3v) is 9.38. The van der Waals surface area contributed by atoms with E-state index in [0.717, 1.165) is 11.1 Å². The van der Waals surface area contributed by atoms with Crippen LogP contribution in [-0.2, 0) is 16.1 Å². The van der Waals surface area contributed by atoms with E-state index in [4.69, 9.17) is 42.1 Å². The number of carbonyl (C=O) groups excluding carboxylic acids is 1. The lowest BCUT2D eigenvalue weighted by Crippen LogP contribution is -2.39. The zero-order valence-corrected chi connectivity index (χ0v) is 28.8. The van der Waals surface area contributed by atoms with Crippen molar-refractivity contribution >= 4 is 62.5 Å². The summed E-state index contributed by atoms with van der Waals surface area (Å²) in [7, 11) is 1.55. The first-order valence-corrected chi connectivity index (χ1v) is 16.4. The number of nitrogens with zero attached hydrogens (tertiary/aromatic N) is 2. The molecule has 0 bridgehead atoms. The predicted octanol–water partition coefficient (Wildman–Crippen LogP) is 6.85. The summed E-state index contributed by atoms with van der Waals surface area (Å²) < 4.78 is 25.3. The van der Waals surface area contributed by atoms with Gasteiger partial charge >= 0.3 is 5.97 Å². The number of hydrogen-bond acceptors (Lipinski definition) is 8. The molecule has 3 aromatic carbocycles. The second-order valence-electron chi connectivity index (χ2n) is 9.87. The third-order valence-electron chi connectivity index (χ3n) is 6.97. The summed E-state index contributed by atoms with van der Waals surface area (Å²) in [4.78, 5) is 32.3. The molecule has 0 radical (unpaired) electrons. The molecule has 1 aliphatic rings. The monoisotopic (exact) mass is 730 g/mol. The molecule has 12 heteroatoms. The Morgan fingerprint density at radius 2 is 1.78 bits per heavy atom. The summed E-state index contributed by atoms with van der Waals surface area (Å²) in [5.74, 6) is 1.15. The molecule has 0 aliphatic carbocycles. The van der Waals surface area contributed by atoms with Gasteiger partial charge in [0.25, 0.3) is 5.56 Å². The molecular formula is C33H29BrCl2N2O6S. The Bertz CT molecular complexity index is 1970. The summed E-state index contributed by atoms with van der Waals surface area (Å²) in [5, 5.41) is 0.908. The molecule has 5 rings (SSSR count). The Morgan fingerprint density at radius 1 is 1.02 bits per heavy atom. The molecule has 0 N–H and O–H groups in total. The van der Waals surface area contributed by atoms with E-state index in [1.807, 2.05) is 37.3 Å². The zero-order chi connectivity index (χ0) is 32.2. The molecule has 0 fully saturated rings. The Kier molecular flexibility index (Phi) is 10.4. The number of thiazole rings is 1. The van der Waals surface area contributed by atoms with Crippen molar-refractivity contribution in [1.29, 1.82) is 0 Å². The lowest BCUT2D eigenvalue weighted by molar-refractivity contribution is -0.139. The fourth-order valence-electron chi connectivity index (χ4n) is 4.89. The van der Waals surface area contributed by atoms with Crippen LogP contribution in [0, 0.1) is 0 Å². The van der Waals surface area contributed by atoms with Crippen LogP contribution in [0.3, 0.4) is 0 Å². The number of allylic oxidation sites excluding steroid dienone is 1. The second kappa shape index (κ2) is 14.2. The van der Waals surface area contributed by atoms with Gasteiger partial charge in [0.2, 0.25) is 0 Å². The van der Waals surface area contributed by atoms with Gasteiger partial charge in [-0.05, 0) is 79.9 Å². The van der Waals surface area contributed by atoms with Crippen LogP contribution >= 0.6 is 50.5 Å². The molecule has 1 aromatic heterocycles. The van der Waals surface area contributed by atoms with Gasteiger partial charge in [-0.25, -0.2) is 9.79 Å². The fraction of sp³-hybridized carbons (Fsp3) is 0.242. The van der Waals surface area contributed by atoms with Crippen LogP contribution in [0.2, 0.25) is 10.0 Å². The molecular weight excluding hydrogens is 703 g/mol. The Labute approximate surface area is 282 Å². The van der Waals surface area contributed by atoms with E-state index >= 15 is 0 Å². The second-order valence-corrected chi connectivity index (χ2v) is 12.5. The van der Waals surface area contributed by atoms with Gasteiger partial charge in [0.05, 0.1) is 52.2 Å². The molecule has 1 aliphatic heterocycles. The van der Waals surface area contributed by atoms with Gasteiger partial charge in [-0.1, -0.05) is 68.7 Å². The first-order chi connectivity index (χ1) is 21.6. The van der Waals surface area contributed by atoms with Crippen molar-refractivity contribution in [3.63, 3.8) is 0 Å². The van der Waals surface area contributed by atoms with Crippen molar-refractivity contribution in [3.05, 3.63) is 117 Å². The normalized spacial score (nSPS) is 14.6. The highest BCUT2D eigenvalue weighted by Crippen LogP contribution is 2.35. The highest BCUT2D eigenvalue weighted by atomic mass is 79.9. The maximum absolute atomic E-state index is 14.0. The SMILES string of the molecule is CCOC(=O)C1=C(C)N=c2s/c(=C/c3cc(OC)c(OCc4ccc(Cl)c(Cl)c4)cc3Br)c(=O)n2[C@@H]1c1ccc(OCC)cc1. The van der Waals surface area contributed by atoms with Crippen LogP contribution < -0.4 is 29.1 Å². The van der Waals surface area contributed by atoms with Gasteiger partial charge in [-0.3, -0.25) is 9.36 Å². The number of esters is 1. The van der Waals surface area contributed by atoms with Gasteiger partial charge in [-0.15, -0.1) is 0 Å². The fourth-order valence-corrected chi connectivity index (χ4v) is 6.68. The smallest absolute Gasteiger partial charge is 0.338 e. The number of hydrogen-bond donors (Lipinski definition) is 0. The molecule has 1 atom stereocenters. The number of aromatic nitrogens is 1. The average molecular weight is 732 g/mol. The molecule has 2 heterocycles. The lowest BCUT2D eigenvalue weighted by atomic mass is 9.96. The molecule has 0 saturated heterocycles. The summed E-state index contributed by atoms with van der Waals surface area (Å²) >= 11 is 17.0. The minimum Gasteiger partial charge on any atom is -0.494 e. The standard InChI is InChI=1S/C33H29BrCl2N2O6S/c1-5-42-22-10-8-20(9-11-22)30-29(32(40)43-6-2)18(3)37-33-38(30)31(39)28(45-33)15-21-14-26(41-4)27(16-23(21)34)44-17-19-7-12-24(35)25(36)13-19/h7-16,30H,5-6,17H2,1-4H3/b28-15+/t30-/m1/s1. The summed E-state index contributed by atoms with van der Waals surface area (Å²) in [5.41, 5.74) is 2.77. The number of benzene rings is 3. The van der Waals surface area contributed by atoms with E-state index < -0.39 is 12.0 Å². The molecule has 4 aromatic rings. The van der Waals surface area contributed by atoms with Crippen molar-refractivity contribution < 1.29 is 23.7 Å². The van der Waals surface area contributed by atoms with E-state index in [0.29, 0.717) is 64.5 Å². The molecule has 0 unspecified atom stereocenters. The van der Waals surface area contributed by atoms with Gasteiger partial charge < -0.3 is 18.9 Å². The third kappa shape index (κ3) is 6.99. The minimum absolute atomic E-state index is 0.193. The van der Waals surface area contributed by atoms with E-state index in [9.17, 15) is 9.59 Å². The van der Waals surface area contributed by atoms with E-state index in [2.05, 4.69) is 20.9 Å². The highest BCUT2D eigenvalue weighted by molar-refractivity contribution is 9.10. The van der Waals surface area contributed by atoms with E-state index in [1.54, 1.807) is 55.9 Å². The predicted molar refractivity (Wildman–Crippen MR) is 179 cm³/mol. The number of fused-ring (bicyclic) bond motifs is 1. The van der Waals surface area contributed by atoms with Crippen molar-refractivity contribution in [1.82, 2.24) is 4.57 Å². The van der Waals surface area contributed by atoms with Gasteiger partial charge in [0.15, 0.2) is 16.3 Å². The largest absolute Gasteiger partial charge is 0.494 e. The lowest BCUT2D eigenvalue weighted by Gasteiger charge is -2.24. The quantitative estimate of drug-likeness (QED) is 0.166. The molecule has 0 amide bonds. The molecule has 45 heavy (non-hydrogen) atoms. The molecule has 0 spiro atoms. The van der Waals surface area contributed by atoms with Crippen LogP contribution in [-0.4, -0.2) is 30.9 Å². The summed E-state index contributed by atoms with van der Waals surface area (Å²) in [6.07, 6.45) is 1.76. The maximum Gasteiger partial charge on any atom is 0.338 e. The van der Waals surface area contributed by atoms with Crippen LogP contribution in [0.5, 0.6) is 17.2 Å². The first kappa shape index (κ1) is 32.8. The van der Waals surface area contributed by atoms with Gasteiger partial charge in [-0.2, -0.15) is 0 Å². The van der Waals surface area contributed by atoms with E-state index in [1.165, 1.54) is 11.3 Å². The van der Waals surface area contributed by atoms with Crippen LogP contribution in [0.1, 0.15) is 43.5 Å².